The van der Waals surface area contributed by atoms with E-state index in [1.54, 1.807) is 19.6 Å². The molecule has 0 saturated heterocycles. The number of nitrogens with zero attached hydrogens (tertiary/aromatic N) is 5. The minimum Gasteiger partial charge on any atom is -0.509 e. The first-order chi connectivity index (χ1) is 38.0. The molecule has 0 aliphatic rings. The van der Waals surface area contributed by atoms with Crippen LogP contribution in [0.15, 0.2) is 174 Å². The van der Waals surface area contributed by atoms with Crippen molar-refractivity contribution in [2.45, 2.75) is 105 Å². The van der Waals surface area contributed by atoms with Crippen molar-refractivity contribution in [3.8, 4) is 23.1 Å². The van der Waals surface area contributed by atoms with Gasteiger partial charge in [-0.3, -0.25) is 4.57 Å². The number of benzene rings is 9. The SMILES string of the molecule is CC(C)(C)c1cc2cc(C(C)(C)C)cc3c4cc(C(C)(C)C)cc5cc(C(C)(C)C)cc(c(c1)c23)c54.NO[N]=[Pt].[CH2-][n+]1ccccc1-n1c2[c-]c(Oc3[c-]c4c(cc3)c3ccccc3n4-c3ccccn3)ccc2c2ccccc21.[Pt]. The molecule has 81 heavy (non-hydrogen) atoms. The Morgan fingerprint density at radius 2 is 0.889 bits per heavy atom. The molecule has 13 rings (SSSR count). The third-order valence-corrected chi connectivity index (χ3v) is 15.8. The Morgan fingerprint density at radius 3 is 1.28 bits per heavy atom. The third kappa shape index (κ3) is 10.7. The number of hydrogen-bond acceptors (Lipinski definition) is 5. The molecule has 2 N–H and O–H groups in total. The van der Waals surface area contributed by atoms with E-state index in [1.165, 1.54) is 65.3 Å². The average molecular weight is 1430 g/mol. The second-order valence-electron chi connectivity index (χ2n) is 25.1. The molecule has 4 aromatic heterocycles. The standard InChI is InChI=1S/C36H44.C35H22N4O.H2N2O.2Pt/c1-33(2,3)23-13-21-14-24(34(4,5)6)19-29-30-20-26(36(10,11)12)16-22-15-25(35(7,8)9)18-28(32(22)30)27(17-23)31(21)29;1-37-21-9-7-15-35(37)39-31-13-5-3-11-27(31)29-19-17-25(23-33(29)39)40-24-16-18-28-26-10-2-4-12-30(26)38(32(28)22-24)34-14-6-8-20-36-34;1-3-2;;/h13-20H,1-12H3;2-21H,1H2;1H2;;/q;-2;;;. The van der Waals surface area contributed by atoms with Crippen molar-refractivity contribution in [3.05, 3.63) is 212 Å². The van der Waals surface area contributed by atoms with Crippen LogP contribution < -0.4 is 15.2 Å². The zero-order valence-electron chi connectivity index (χ0n) is 48.1. The van der Waals surface area contributed by atoms with E-state index in [0.29, 0.717) is 11.5 Å². The fourth-order valence-corrected chi connectivity index (χ4v) is 11.2. The first kappa shape index (κ1) is 57.2. The first-order valence-electron chi connectivity index (χ1n) is 27.3. The summed E-state index contributed by atoms with van der Waals surface area (Å²) in [6.45, 7) is 28.0. The van der Waals surface area contributed by atoms with Gasteiger partial charge in [0, 0.05) is 49.8 Å². The van der Waals surface area contributed by atoms with Crippen LogP contribution in [0.5, 0.6) is 11.5 Å². The van der Waals surface area contributed by atoms with E-state index in [-0.39, 0.29) is 42.7 Å². The van der Waals surface area contributed by atoms with Gasteiger partial charge in [0.2, 0.25) is 0 Å². The molecule has 0 aliphatic heterocycles. The topological polar surface area (TPSA) is 83.5 Å². The molecule has 0 atom stereocenters. The van der Waals surface area contributed by atoms with Gasteiger partial charge in [-0.05, 0) is 166 Å². The van der Waals surface area contributed by atoms with Crippen LogP contribution in [0.25, 0.3) is 98.3 Å². The molecule has 0 radical (unpaired) electrons. The van der Waals surface area contributed by atoms with Crippen LogP contribution in [-0.2, 0) is 67.3 Å². The Balaban J connectivity index is 0.000000170. The summed E-state index contributed by atoms with van der Waals surface area (Å²) in [5, 5.41) is 15.7. The Morgan fingerprint density at radius 1 is 0.494 bits per heavy atom. The number of rotatable bonds is 5. The van der Waals surface area contributed by atoms with Crippen LogP contribution in [0.1, 0.15) is 105 Å². The number of ether oxygens (including phenoxy) is 1. The second-order valence-corrected chi connectivity index (χ2v) is 25.6. The monoisotopic (exact) mass is 1430 g/mol. The summed E-state index contributed by atoms with van der Waals surface area (Å²) in [6, 6.07) is 63.7. The zero-order chi connectivity index (χ0) is 56.6. The van der Waals surface area contributed by atoms with Crippen molar-refractivity contribution >= 4 is 86.7 Å². The predicted molar refractivity (Wildman–Crippen MR) is 328 cm³/mol. The van der Waals surface area contributed by atoms with Gasteiger partial charge in [0.25, 0.3) is 0 Å². The van der Waals surface area contributed by atoms with Gasteiger partial charge >= 0.3 is 34.1 Å². The number of nitrogens with two attached hydrogens (primary N) is 1. The number of para-hydroxylation sites is 2. The van der Waals surface area contributed by atoms with Crippen LogP contribution in [0.2, 0.25) is 0 Å². The summed E-state index contributed by atoms with van der Waals surface area (Å²) in [4.78, 5) is 8.28. The van der Waals surface area contributed by atoms with Crippen LogP contribution in [0.4, 0.5) is 0 Å². The van der Waals surface area contributed by atoms with E-state index in [9.17, 15) is 0 Å². The van der Waals surface area contributed by atoms with Gasteiger partial charge in [0.15, 0.2) is 5.82 Å². The average Bonchev–Trinajstić information content (AvgIpc) is 4.10. The summed E-state index contributed by atoms with van der Waals surface area (Å²) >= 11 is 1.62. The number of hydrogen-bond donors (Lipinski definition) is 1. The molecule has 9 aromatic carbocycles. The maximum Gasteiger partial charge on any atom is 0.182 e. The Bertz CT molecular complexity index is 4270. The van der Waals surface area contributed by atoms with E-state index < -0.39 is 0 Å². The third-order valence-electron chi connectivity index (χ3n) is 15.5. The minimum atomic E-state index is 0. The van der Waals surface area contributed by atoms with E-state index in [0.717, 1.165) is 55.2 Å². The molecule has 8 nitrogen and oxygen atoms in total. The van der Waals surface area contributed by atoms with Gasteiger partial charge in [-0.15, -0.1) is 23.6 Å². The summed E-state index contributed by atoms with van der Waals surface area (Å²) in [6.07, 6.45) is 3.75. The molecule has 10 heteroatoms. The smallest absolute Gasteiger partial charge is 0.182 e. The Labute approximate surface area is 501 Å². The van der Waals surface area contributed by atoms with Crippen molar-refractivity contribution in [1.82, 2.24) is 14.1 Å². The van der Waals surface area contributed by atoms with Gasteiger partial charge in [-0.25, -0.2) is 4.98 Å². The van der Waals surface area contributed by atoms with Crippen LogP contribution in [0.3, 0.4) is 0 Å². The minimum absolute atomic E-state index is 0. The zero-order valence-corrected chi connectivity index (χ0v) is 52.7. The van der Waals surface area contributed by atoms with Crippen LogP contribution in [0, 0.1) is 19.2 Å². The Hall–Kier alpha value is -7.05. The molecule has 0 bridgehead atoms. The molecule has 416 valence electrons. The molecule has 4 heterocycles. The van der Waals surface area contributed by atoms with Crippen molar-refractivity contribution in [2.24, 2.45) is 9.56 Å². The second kappa shape index (κ2) is 21.7. The summed E-state index contributed by atoms with van der Waals surface area (Å²) in [5.41, 5.74) is 9.96. The van der Waals surface area contributed by atoms with Crippen molar-refractivity contribution in [3.63, 3.8) is 0 Å². The number of pyridine rings is 2. The summed E-state index contributed by atoms with van der Waals surface area (Å²) in [7, 11) is 4.20. The fourth-order valence-electron chi connectivity index (χ4n) is 11.2. The van der Waals surface area contributed by atoms with Gasteiger partial charge in [-0.1, -0.05) is 179 Å². The molecule has 0 amide bonds. The molecule has 0 fully saturated rings. The van der Waals surface area contributed by atoms with Gasteiger partial charge in [-0.2, -0.15) is 12.1 Å². The first-order valence-corrected chi connectivity index (χ1v) is 28.3. The molecule has 0 spiro atoms. The van der Waals surface area contributed by atoms with E-state index in [1.807, 2.05) is 65.5 Å². The van der Waals surface area contributed by atoms with E-state index >= 15 is 0 Å². The molecule has 13 aromatic rings. The summed E-state index contributed by atoms with van der Waals surface area (Å²) < 4.78 is 15.6. The largest absolute Gasteiger partial charge is 0.509 e. The molecular formula is C71H68N6O2Pt2-2. The molecule has 0 saturated carbocycles. The van der Waals surface area contributed by atoms with Gasteiger partial charge in [0.05, 0.1) is 0 Å². The van der Waals surface area contributed by atoms with E-state index in [2.05, 4.69) is 240 Å². The maximum absolute atomic E-state index is 6.42. The number of fused-ring (bicyclic) bond motifs is 8. The van der Waals surface area contributed by atoms with Crippen LogP contribution >= 0.6 is 0 Å². The molecule has 0 aliphatic carbocycles. The normalized spacial score (nSPS) is 12.3. The molecular weight excluding hydrogens is 1360 g/mol. The van der Waals surface area contributed by atoms with Gasteiger partial charge < -0.3 is 13.9 Å². The number of aromatic nitrogens is 4. The quantitative estimate of drug-likeness (QED) is 0.0612. The molecule has 0 unspecified atom stereocenters. The summed E-state index contributed by atoms with van der Waals surface area (Å²) in [5.74, 6) is 7.35. The van der Waals surface area contributed by atoms with Crippen molar-refractivity contribution in [2.75, 3.05) is 0 Å². The predicted octanol–water partition coefficient (Wildman–Crippen LogP) is 18.0. The van der Waals surface area contributed by atoms with Crippen molar-refractivity contribution < 1.29 is 54.9 Å². The maximum atomic E-state index is 6.42. The van der Waals surface area contributed by atoms with Gasteiger partial charge in [0.1, 0.15) is 11.3 Å². The van der Waals surface area contributed by atoms with E-state index in [4.69, 9.17) is 4.74 Å². The fraction of sp³-hybridized carbons (Fsp3) is 0.225. The Kier molecular flexibility index (Phi) is 15.3. The van der Waals surface area contributed by atoms with Crippen molar-refractivity contribution in [1.29, 1.82) is 0 Å². The van der Waals surface area contributed by atoms with Crippen LogP contribution in [-0.4, -0.2) is 14.1 Å².